The van der Waals surface area contributed by atoms with Crippen LogP contribution in [0.5, 0.6) is 5.75 Å². The number of rotatable bonds is 2. The molecular weight excluding hydrogens is 568 g/mol. The third kappa shape index (κ3) is 5.57. The average Bonchev–Trinajstić information content (AvgIpc) is 3.39. The number of methoxy groups -OCH3 is 1. The zero-order chi connectivity index (χ0) is 39.3. The van der Waals surface area contributed by atoms with E-state index in [4.69, 9.17) is 20.4 Å². The molecule has 1 aliphatic carbocycles. The molecule has 43 heavy (non-hydrogen) atoms. The summed E-state index contributed by atoms with van der Waals surface area (Å²) in [6, 6.07) is 9.05. The van der Waals surface area contributed by atoms with Gasteiger partial charge in [-0.15, -0.1) is 0 Å². The highest BCUT2D eigenvalue weighted by Crippen LogP contribution is 2.47. The van der Waals surface area contributed by atoms with Gasteiger partial charge in [-0.2, -0.15) is 12.7 Å². The normalized spacial score (nSPS) is 29.7. The van der Waals surface area contributed by atoms with E-state index in [2.05, 4.69) is 0 Å². The fourth-order valence-electron chi connectivity index (χ4n) is 5.80. The van der Waals surface area contributed by atoms with E-state index in [9.17, 15) is 20.7 Å². The molecule has 0 saturated heterocycles. The molecule has 3 heterocycles. The Labute approximate surface area is 266 Å². The Morgan fingerprint density at radius 2 is 1.79 bits per heavy atom. The van der Waals surface area contributed by atoms with Crippen LogP contribution in [0.3, 0.4) is 0 Å². The summed E-state index contributed by atoms with van der Waals surface area (Å²) in [7, 11) is -2.45. The lowest BCUT2D eigenvalue weighted by Crippen LogP contribution is -2.42. The number of fused-ring (bicyclic) bond motifs is 4. The number of ether oxygens (including phenoxy) is 2. The van der Waals surface area contributed by atoms with Crippen molar-refractivity contribution in [1.29, 1.82) is 0 Å². The van der Waals surface area contributed by atoms with Gasteiger partial charge in [-0.3, -0.25) is 9.59 Å². The predicted octanol–water partition coefficient (Wildman–Crippen LogP) is 4.16. The molecule has 1 N–H and O–H groups in total. The zero-order valence-electron chi connectivity index (χ0n) is 33.9. The molecule has 6 rings (SSSR count). The molecule has 2 aromatic carbocycles. The Morgan fingerprint density at radius 3 is 2.56 bits per heavy atom. The van der Waals surface area contributed by atoms with E-state index in [1.807, 2.05) is 0 Å². The van der Waals surface area contributed by atoms with Gasteiger partial charge in [0.05, 0.1) is 43.4 Å². The summed E-state index contributed by atoms with van der Waals surface area (Å²) < 4.78 is 126. The molecule has 1 fully saturated rings. The van der Waals surface area contributed by atoms with Gasteiger partial charge < -0.3 is 18.9 Å². The highest BCUT2D eigenvalue weighted by molar-refractivity contribution is 7.87. The second kappa shape index (κ2) is 11.8. The molecule has 228 valence electrons. The van der Waals surface area contributed by atoms with Crippen LogP contribution in [0.2, 0.25) is 0 Å². The first-order valence-electron chi connectivity index (χ1n) is 18.8. The van der Waals surface area contributed by atoms with Crippen LogP contribution in [0.25, 0.3) is 28.2 Å². The van der Waals surface area contributed by atoms with Gasteiger partial charge >= 0.3 is 10.2 Å². The summed E-state index contributed by atoms with van der Waals surface area (Å²) >= 11 is 0. The van der Waals surface area contributed by atoms with Crippen LogP contribution in [0.4, 0.5) is 0 Å². The number of carbonyl (C=O) groups is 2. The minimum atomic E-state index is -5.26. The highest BCUT2D eigenvalue weighted by Gasteiger charge is 2.31. The lowest BCUT2D eigenvalue weighted by molar-refractivity contribution is -0.126. The zero-order valence-corrected chi connectivity index (χ0v) is 24.7. The molecular formula is C32H38N4O6S. The van der Waals surface area contributed by atoms with E-state index in [1.54, 1.807) is 29.0 Å². The number of nitrogens with one attached hydrogen (secondary N) is 1. The summed E-state index contributed by atoms with van der Waals surface area (Å²) in [5.74, 6) is -2.40. The van der Waals surface area contributed by atoms with Gasteiger partial charge in [-0.25, -0.2) is 4.72 Å². The van der Waals surface area contributed by atoms with Crippen LogP contribution >= 0.6 is 0 Å². The number of likely N-dealkylation sites (N-methyl/N-ethyl adjacent to an activating group) is 2. The third-order valence-corrected chi connectivity index (χ3v) is 9.22. The molecule has 2 amide bonds. The average molecular weight is 617 g/mol. The third-order valence-electron chi connectivity index (χ3n) is 7.96. The van der Waals surface area contributed by atoms with E-state index in [-0.39, 0.29) is 26.2 Å². The predicted molar refractivity (Wildman–Crippen MR) is 165 cm³/mol. The Balaban J connectivity index is 1.73. The second-order valence-electron chi connectivity index (χ2n) is 10.6. The topological polar surface area (TPSA) is 110 Å². The SMILES string of the molecule is [2H]C1([2H])C2=Cc3cc(OC)ccc3-c3c(C4CCCCC4)c4ccc(cc4n31)C(=O)NS(=O)(=O)N(C)C([2H])([2H])C([2H])([2H])OC([2H])([2H])C([2H])([2H])N(C)C2=O. The lowest BCUT2D eigenvalue weighted by atomic mass is 9.81. The van der Waals surface area contributed by atoms with Gasteiger partial charge in [0.15, 0.2) is 0 Å². The first-order chi connectivity index (χ1) is 24.4. The summed E-state index contributed by atoms with van der Waals surface area (Å²) in [5.41, 5.74) is 0.974. The molecule has 2 aliphatic heterocycles. The van der Waals surface area contributed by atoms with E-state index in [0.717, 1.165) is 44.7 Å². The second-order valence-corrected chi connectivity index (χ2v) is 12.3. The first kappa shape index (κ1) is 19.6. The molecule has 3 aliphatic rings. The molecule has 0 unspecified atom stereocenters. The standard InChI is InChI=1S/C32H38N4O6S/c1-34-13-15-42-16-14-35(2)43(39,40)33-31(37)22-9-11-27-28(19-22)36-20-24(32(34)38)17-23-18-25(41-3)10-12-26(23)30(36)29(27)21-7-5-4-6-8-21/h9-12,17-19,21H,4-8,13-16,20H2,1-3H3,(H,33,37)/i13D2,14D2,15D2,16D2,20D2. The number of hydrogen-bond acceptors (Lipinski definition) is 6. The van der Waals surface area contributed by atoms with Gasteiger partial charge in [0.2, 0.25) is 0 Å². The van der Waals surface area contributed by atoms with Crippen LogP contribution in [-0.2, 0) is 26.2 Å². The van der Waals surface area contributed by atoms with E-state index in [0.29, 0.717) is 35.0 Å². The first-order valence-corrected chi connectivity index (χ1v) is 15.2. The van der Waals surface area contributed by atoms with Crippen molar-refractivity contribution >= 4 is 39.0 Å². The summed E-state index contributed by atoms with van der Waals surface area (Å²) in [4.78, 5) is 28.3. The fraction of sp³-hybridized carbons (Fsp3) is 0.438. The maximum Gasteiger partial charge on any atom is 0.303 e. The molecule has 10 nitrogen and oxygen atoms in total. The van der Waals surface area contributed by atoms with Crippen LogP contribution in [0.15, 0.2) is 42.0 Å². The summed E-state index contributed by atoms with van der Waals surface area (Å²) in [5, 5.41) is 0.513. The number of carbonyl (C=O) groups excluding carboxylic acids is 2. The monoisotopic (exact) mass is 616 g/mol. The maximum atomic E-state index is 14.5. The largest absolute Gasteiger partial charge is 0.497 e. The van der Waals surface area contributed by atoms with Gasteiger partial charge in [0.1, 0.15) is 5.75 Å². The number of amides is 2. The van der Waals surface area contributed by atoms with Crippen molar-refractivity contribution in [3.8, 4) is 17.0 Å². The van der Waals surface area contributed by atoms with Crippen LogP contribution in [-0.4, -0.2) is 81.3 Å². The van der Waals surface area contributed by atoms with Crippen LogP contribution < -0.4 is 9.46 Å². The van der Waals surface area contributed by atoms with Crippen molar-refractivity contribution in [2.45, 2.75) is 44.5 Å². The molecule has 0 radical (unpaired) electrons. The Hall–Kier alpha value is -3.67. The van der Waals surface area contributed by atoms with Gasteiger partial charge in [-0.1, -0.05) is 25.3 Å². The number of hydrogen-bond donors (Lipinski definition) is 1. The number of benzene rings is 2. The van der Waals surface area contributed by atoms with E-state index in [1.165, 1.54) is 29.9 Å². The highest BCUT2D eigenvalue weighted by atomic mass is 32.2. The molecule has 4 bridgehead atoms. The van der Waals surface area contributed by atoms with Crippen molar-refractivity contribution in [2.75, 3.05) is 47.3 Å². The van der Waals surface area contributed by atoms with Crippen LogP contribution in [0.1, 0.15) is 73.2 Å². The molecule has 0 spiro atoms. The quantitative estimate of drug-likeness (QED) is 0.463. The molecule has 11 heteroatoms. The Morgan fingerprint density at radius 1 is 1.02 bits per heavy atom. The van der Waals surface area contributed by atoms with Gasteiger partial charge in [0.25, 0.3) is 11.8 Å². The number of aromatic nitrogens is 1. The Bertz CT molecular complexity index is 2170. The lowest BCUT2D eigenvalue weighted by Gasteiger charge is -2.24. The molecule has 1 saturated carbocycles. The van der Waals surface area contributed by atoms with Crippen molar-refractivity contribution < 1.29 is 41.2 Å². The minimum Gasteiger partial charge on any atom is -0.497 e. The van der Waals surface area contributed by atoms with Gasteiger partial charge in [0, 0.05) is 57.4 Å². The van der Waals surface area contributed by atoms with E-state index >= 15 is 0 Å². The van der Waals surface area contributed by atoms with E-state index < -0.39 is 60.2 Å². The van der Waals surface area contributed by atoms with Crippen molar-refractivity contribution in [2.24, 2.45) is 0 Å². The Kier molecular flexibility index (Phi) is 5.36. The van der Waals surface area contributed by atoms with Crippen molar-refractivity contribution in [3.63, 3.8) is 0 Å². The maximum absolute atomic E-state index is 14.5. The molecule has 3 aromatic rings. The summed E-state index contributed by atoms with van der Waals surface area (Å²) in [6.07, 6.45) is 5.49. The summed E-state index contributed by atoms with van der Waals surface area (Å²) in [6.45, 7) is -18.1. The van der Waals surface area contributed by atoms with Crippen molar-refractivity contribution in [1.82, 2.24) is 18.5 Å². The fourth-order valence-corrected chi connectivity index (χ4v) is 6.45. The van der Waals surface area contributed by atoms with Gasteiger partial charge in [-0.05, 0) is 66.3 Å². The smallest absolute Gasteiger partial charge is 0.303 e. The number of nitrogens with zero attached hydrogens (tertiary/aromatic N) is 3. The molecule has 1 aromatic heterocycles. The van der Waals surface area contributed by atoms with Crippen LogP contribution in [0, 0.1) is 0 Å². The molecule has 0 atom stereocenters. The minimum absolute atomic E-state index is 0.0875. The van der Waals surface area contributed by atoms with Crippen molar-refractivity contribution in [3.05, 3.63) is 58.7 Å².